The van der Waals surface area contributed by atoms with Crippen LogP contribution in [-0.4, -0.2) is 81.9 Å². The number of aromatic nitrogens is 1. The molecule has 11 heteroatoms. The number of carbonyl (C=O) groups is 2. The number of benzene rings is 2. The van der Waals surface area contributed by atoms with E-state index in [0.717, 1.165) is 89.5 Å². The molecule has 252 valence electrons. The van der Waals surface area contributed by atoms with Crippen molar-refractivity contribution in [2.24, 2.45) is 11.3 Å². The topological polar surface area (TPSA) is 113 Å². The van der Waals surface area contributed by atoms with E-state index in [9.17, 15) is 18.0 Å². The maximum absolute atomic E-state index is 14.6. The molecule has 3 heterocycles. The van der Waals surface area contributed by atoms with Gasteiger partial charge >= 0.3 is 10.2 Å². The Kier molecular flexibility index (Phi) is 8.37. The molecule has 2 aliphatic carbocycles. The van der Waals surface area contributed by atoms with Crippen LogP contribution in [0.15, 0.2) is 36.4 Å². The van der Waals surface area contributed by atoms with Crippen molar-refractivity contribution in [1.82, 2.24) is 23.8 Å². The molecule has 3 fully saturated rings. The molecule has 10 nitrogen and oxygen atoms in total. The minimum Gasteiger partial charge on any atom is -0.497 e. The third-order valence-corrected chi connectivity index (χ3v) is 12.6. The Hall–Kier alpha value is -3.41. The molecule has 0 spiro atoms. The van der Waals surface area contributed by atoms with Crippen molar-refractivity contribution in [3.05, 3.63) is 53.1 Å². The fourth-order valence-electron chi connectivity index (χ4n) is 8.62. The smallest absolute Gasteiger partial charge is 0.303 e. The highest BCUT2D eigenvalue weighted by atomic mass is 32.2. The summed E-state index contributed by atoms with van der Waals surface area (Å²) in [5.74, 6) is 1.12. The van der Waals surface area contributed by atoms with Gasteiger partial charge in [0, 0.05) is 62.2 Å². The number of fused-ring (bicyclic) bond motifs is 7. The van der Waals surface area contributed by atoms with Crippen molar-refractivity contribution in [2.45, 2.75) is 69.7 Å². The molecule has 2 N–H and O–H groups in total. The molecule has 1 aromatic heterocycles. The van der Waals surface area contributed by atoms with Crippen molar-refractivity contribution in [1.29, 1.82) is 0 Å². The molecule has 7 rings (SSSR count). The summed E-state index contributed by atoms with van der Waals surface area (Å²) in [4.78, 5) is 29.9. The van der Waals surface area contributed by atoms with E-state index in [2.05, 4.69) is 26.7 Å². The largest absolute Gasteiger partial charge is 0.497 e. The average Bonchev–Trinajstić information content (AvgIpc) is 3.74. The van der Waals surface area contributed by atoms with Crippen molar-refractivity contribution in [2.75, 3.05) is 47.9 Å². The van der Waals surface area contributed by atoms with Crippen LogP contribution in [-0.2, 0) is 21.5 Å². The number of hydrogen-bond acceptors (Lipinski definition) is 6. The Balaban J connectivity index is 1.39. The van der Waals surface area contributed by atoms with E-state index in [1.54, 1.807) is 13.2 Å². The predicted molar refractivity (Wildman–Crippen MR) is 183 cm³/mol. The van der Waals surface area contributed by atoms with Crippen LogP contribution in [0.4, 0.5) is 0 Å². The standard InChI is InChI=1S/C36H47N5O5S/c1-39(2)47(44,45)38-34(42)25-12-14-28-31(17-25)41-22-36(35(43)40(3)21-23-9-8-16-37-20-23)19-30(36)29-18-26(46-4)13-15-27(29)33(41)32(28)24-10-6-5-7-11-24/h12-15,17-18,23-24,30,37H,5-11,16,19-22H2,1-4H3,(H,38,42). The SMILES string of the molecule is COc1ccc2c(c1)C1CC1(C(=O)N(C)CC1CCCNC1)Cn1c-2c(C2CCCCC2)c2ccc(C(=O)NS(=O)(=O)N(C)C)cc21. The first-order valence-electron chi connectivity index (χ1n) is 17.1. The van der Waals surface area contributed by atoms with Gasteiger partial charge in [0.25, 0.3) is 5.91 Å². The number of piperidine rings is 1. The zero-order valence-corrected chi connectivity index (χ0v) is 28.8. The van der Waals surface area contributed by atoms with E-state index in [1.165, 1.54) is 38.9 Å². The lowest BCUT2D eigenvalue weighted by Gasteiger charge is -2.30. The van der Waals surface area contributed by atoms with Crippen molar-refractivity contribution in [3.63, 3.8) is 0 Å². The number of methoxy groups -OCH3 is 1. The number of carbonyl (C=O) groups excluding carboxylic acids is 2. The van der Waals surface area contributed by atoms with E-state index in [1.807, 2.05) is 30.1 Å². The van der Waals surface area contributed by atoms with Crippen LogP contribution in [0.2, 0.25) is 0 Å². The lowest BCUT2D eigenvalue weighted by atomic mass is 9.81. The Bertz CT molecular complexity index is 1820. The van der Waals surface area contributed by atoms with Crippen LogP contribution >= 0.6 is 0 Å². The minimum absolute atomic E-state index is 0.0536. The van der Waals surface area contributed by atoms with Crippen molar-refractivity contribution >= 4 is 32.9 Å². The minimum atomic E-state index is -3.97. The van der Waals surface area contributed by atoms with E-state index in [-0.39, 0.29) is 17.4 Å². The first-order chi connectivity index (χ1) is 22.5. The average molecular weight is 662 g/mol. The molecule has 2 saturated carbocycles. The Labute approximate surface area is 278 Å². The fraction of sp³-hybridized carbons (Fsp3) is 0.556. The first-order valence-corrected chi connectivity index (χ1v) is 18.5. The molecular formula is C36H47N5O5S. The van der Waals surface area contributed by atoms with Gasteiger partial charge in [-0.1, -0.05) is 25.3 Å². The number of nitrogens with zero attached hydrogens (tertiary/aromatic N) is 3. The van der Waals surface area contributed by atoms with Crippen LogP contribution in [0.1, 0.15) is 84.7 Å². The molecule has 4 aliphatic rings. The molecule has 2 amide bonds. The number of amides is 2. The fourth-order valence-corrected chi connectivity index (χ4v) is 9.15. The Morgan fingerprint density at radius 3 is 2.53 bits per heavy atom. The highest BCUT2D eigenvalue weighted by Crippen LogP contribution is 2.66. The summed E-state index contributed by atoms with van der Waals surface area (Å²) in [7, 11) is 2.45. The van der Waals surface area contributed by atoms with Crippen molar-refractivity contribution in [3.8, 4) is 17.0 Å². The number of nitrogens with one attached hydrogen (secondary N) is 2. The lowest BCUT2D eigenvalue weighted by molar-refractivity contribution is -0.137. The van der Waals surface area contributed by atoms with E-state index in [0.29, 0.717) is 18.4 Å². The zero-order chi connectivity index (χ0) is 33.1. The monoisotopic (exact) mass is 661 g/mol. The third kappa shape index (κ3) is 5.64. The number of hydrogen-bond donors (Lipinski definition) is 2. The molecule has 1 saturated heterocycles. The lowest BCUT2D eigenvalue weighted by Crippen LogP contribution is -2.43. The van der Waals surface area contributed by atoms with Crippen LogP contribution < -0.4 is 14.8 Å². The molecule has 3 atom stereocenters. The molecule has 2 aromatic carbocycles. The third-order valence-electron chi connectivity index (χ3n) is 11.2. The van der Waals surface area contributed by atoms with Crippen LogP contribution in [0.5, 0.6) is 5.75 Å². The van der Waals surface area contributed by atoms with E-state index < -0.39 is 21.5 Å². The molecule has 3 aromatic rings. The van der Waals surface area contributed by atoms with Gasteiger partial charge in [0.1, 0.15) is 5.75 Å². The van der Waals surface area contributed by atoms with Gasteiger partial charge in [-0.15, -0.1) is 0 Å². The second-order valence-corrected chi connectivity index (χ2v) is 16.3. The second kappa shape index (κ2) is 12.2. The van der Waals surface area contributed by atoms with E-state index in [4.69, 9.17) is 4.74 Å². The van der Waals surface area contributed by atoms with Crippen LogP contribution in [0, 0.1) is 11.3 Å². The van der Waals surface area contributed by atoms with Crippen LogP contribution in [0.3, 0.4) is 0 Å². The van der Waals surface area contributed by atoms with Gasteiger partial charge in [-0.3, -0.25) is 9.59 Å². The van der Waals surface area contributed by atoms with Gasteiger partial charge in [0.05, 0.1) is 18.2 Å². The van der Waals surface area contributed by atoms with E-state index >= 15 is 0 Å². The van der Waals surface area contributed by atoms with Gasteiger partial charge in [-0.2, -0.15) is 12.7 Å². The Morgan fingerprint density at radius 2 is 1.83 bits per heavy atom. The van der Waals surface area contributed by atoms with Gasteiger partial charge in [-0.25, -0.2) is 4.72 Å². The summed E-state index contributed by atoms with van der Waals surface area (Å²) < 4.78 is 36.3. The molecule has 47 heavy (non-hydrogen) atoms. The summed E-state index contributed by atoms with van der Waals surface area (Å²) >= 11 is 0. The van der Waals surface area contributed by atoms with Gasteiger partial charge in [0.2, 0.25) is 5.91 Å². The van der Waals surface area contributed by atoms with Crippen molar-refractivity contribution < 1.29 is 22.7 Å². The number of ether oxygens (including phenoxy) is 1. The van der Waals surface area contributed by atoms with Gasteiger partial charge in [-0.05, 0) is 98.5 Å². The second-order valence-electron chi connectivity index (χ2n) is 14.4. The summed E-state index contributed by atoms with van der Waals surface area (Å²) in [5, 5.41) is 4.56. The summed E-state index contributed by atoms with van der Waals surface area (Å²) in [6.07, 6.45) is 8.74. The zero-order valence-electron chi connectivity index (χ0n) is 28.0. The maximum Gasteiger partial charge on any atom is 0.303 e. The molecular weight excluding hydrogens is 614 g/mol. The maximum atomic E-state index is 14.6. The highest BCUT2D eigenvalue weighted by molar-refractivity contribution is 7.87. The summed E-state index contributed by atoms with van der Waals surface area (Å²) in [6.45, 7) is 3.19. The molecule has 3 unspecified atom stereocenters. The van der Waals surface area contributed by atoms with Crippen LogP contribution in [0.25, 0.3) is 22.2 Å². The molecule has 0 radical (unpaired) electrons. The highest BCUT2D eigenvalue weighted by Gasteiger charge is 2.63. The molecule has 0 bridgehead atoms. The normalized spacial score (nSPS) is 24.2. The van der Waals surface area contributed by atoms with Gasteiger partial charge < -0.3 is 19.5 Å². The predicted octanol–water partition coefficient (Wildman–Crippen LogP) is 4.85. The number of rotatable bonds is 8. The summed E-state index contributed by atoms with van der Waals surface area (Å²) in [5.41, 5.74) is 5.21. The molecule has 2 aliphatic heterocycles. The first kappa shape index (κ1) is 32.2. The van der Waals surface area contributed by atoms with Gasteiger partial charge in [0.15, 0.2) is 0 Å². The summed E-state index contributed by atoms with van der Waals surface area (Å²) in [6, 6.07) is 11.8. The Morgan fingerprint density at radius 1 is 1.04 bits per heavy atom. The quantitative estimate of drug-likeness (QED) is 0.357.